The number of H-pyrrole nitrogens is 1. The largest absolute Gasteiger partial charge is 0.469 e. The van der Waals surface area contributed by atoms with Crippen molar-refractivity contribution in [1.82, 2.24) is 9.55 Å². The summed E-state index contributed by atoms with van der Waals surface area (Å²) in [5.74, 6) is 0. The number of hydrogen-bond acceptors (Lipinski definition) is 6. The van der Waals surface area contributed by atoms with E-state index in [4.69, 9.17) is 14.5 Å². The van der Waals surface area contributed by atoms with Gasteiger partial charge in [0.25, 0.3) is 5.56 Å². The Morgan fingerprint density at radius 2 is 2.14 bits per heavy atom. The van der Waals surface area contributed by atoms with Gasteiger partial charge in [0.1, 0.15) is 12.2 Å². The number of aromatic amines is 1. The Balaban J connectivity index is 2.18. The first-order valence-corrected chi connectivity index (χ1v) is 7.21. The quantitative estimate of drug-likeness (QED) is 0.475. The van der Waals surface area contributed by atoms with E-state index >= 15 is 0 Å². The Labute approximate surface area is 116 Å². The molecule has 0 spiro atoms. The fourth-order valence-electron chi connectivity index (χ4n) is 1.86. The van der Waals surface area contributed by atoms with Crippen molar-refractivity contribution in [3.05, 3.63) is 33.1 Å². The lowest BCUT2D eigenvalue weighted by Crippen LogP contribution is -2.35. The Bertz CT molecular complexity index is 668. The van der Waals surface area contributed by atoms with Crippen LogP contribution in [0.1, 0.15) is 6.23 Å². The van der Waals surface area contributed by atoms with Crippen LogP contribution in [0.4, 0.5) is 4.39 Å². The predicted molar refractivity (Wildman–Crippen MR) is 64.1 cm³/mol. The number of phosphoric acid groups is 1. The van der Waals surface area contributed by atoms with Crippen molar-refractivity contribution in [1.29, 1.82) is 0 Å². The van der Waals surface area contributed by atoms with Gasteiger partial charge in [0.05, 0.1) is 6.61 Å². The first-order valence-electron chi connectivity index (χ1n) is 5.68. The molecule has 2 unspecified atom stereocenters. The fraction of sp³-hybridized carbons (Fsp3) is 0.556. The number of hydrogen-bond donors (Lipinski definition) is 4. The molecule has 1 saturated heterocycles. The second kappa shape index (κ2) is 5.79. The van der Waals surface area contributed by atoms with Crippen molar-refractivity contribution in [2.45, 2.75) is 24.6 Å². The van der Waals surface area contributed by atoms with Gasteiger partial charge in [0, 0.05) is 12.3 Å². The van der Waals surface area contributed by atoms with Gasteiger partial charge in [-0.05, 0) is 0 Å². The highest BCUT2D eigenvalue weighted by atomic mass is 31.2. The van der Waals surface area contributed by atoms with Crippen LogP contribution in [0.15, 0.2) is 21.9 Å². The topological polar surface area (TPSA) is 151 Å². The highest BCUT2D eigenvalue weighted by molar-refractivity contribution is 7.46. The average Bonchev–Trinajstić information content (AvgIpc) is 2.64. The second-order valence-electron chi connectivity index (χ2n) is 4.30. The predicted octanol–water partition coefficient (Wildman–Crippen LogP) is -1.76. The molecule has 0 bridgehead atoms. The van der Waals surface area contributed by atoms with E-state index in [1.807, 2.05) is 4.98 Å². The smallest absolute Gasteiger partial charge is 0.387 e. The summed E-state index contributed by atoms with van der Waals surface area (Å²) >= 11 is 0. The van der Waals surface area contributed by atoms with Crippen LogP contribution < -0.4 is 11.2 Å². The van der Waals surface area contributed by atoms with E-state index in [1.54, 1.807) is 0 Å². The van der Waals surface area contributed by atoms with Gasteiger partial charge in [0.15, 0.2) is 12.4 Å². The van der Waals surface area contributed by atoms with E-state index in [9.17, 15) is 23.7 Å². The molecule has 0 aromatic carbocycles. The summed E-state index contributed by atoms with van der Waals surface area (Å²) in [5.41, 5.74) is -1.63. The normalized spacial score (nSPS) is 29.7. The van der Waals surface area contributed by atoms with Crippen LogP contribution >= 0.6 is 7.82 Å². The lowest BCUT2D eigenvalue weighted by atomic mass is 10.1. The first kappa shape index (κ1) is 16.0. The maximum absolute atomic E-state index is 13.9. The molecule has 21 heavy (non-hydrogen) atoms. The fourth-order valence-corrected chi connectivity index (χ4v) is 2.20. The SMILES string of the molecule is O=c1ccn([C@H]2O[C@@H](COP(=O)(O)O)C(O)C2F)c(=O)[nH]1. The molecule has 1 aromatic heterocycles. The monoisotopic (exact) mass is 326 g/mol. The molecule has 12 heteroatoms. The van der Waals surface area contributed by atoms with Gasteiger partial charge in [-0.2, -0.15) is 0 Å². The number of alkyl halides is 1. The molecule has 1 aromatic rings. The highest BCUT2D eigenvalue weighted by Crippen LogP contribution is 2.38. The average molecular weight is 326 g/mol. The molecule has 0 aliphatic carbocycles. The zero-order valence-corrected chi connectivity index (χ0v) is 11.2. The minimum absolute atomic E-state index is 0.688. The maximum Gasteiger partial charge on any atom is 0.469 e. The zero-order valence-electron chi connectivity index (χ0n) is 10.3. The lowest BCUT2D eigenvalue weighted by Gasteiger charge is -2.15. The van der Waals surface area contributed by atoms with Crippen molar-refractivity contribution in [2.75, 3.05) is 6.61 Å². The number of halogens is 1. The summed E-state index contributed by atoms with van der Waals surface area (Å²) in [7, 11) is -4.80. The van der Waals surface area contributed by atoms with Crippen LogP contribution in [0, 0.1) is 0 Å². The summed E-state index contributed by atoms with van der Waals surface area (Å²) in [6, 6.07) is 0.962. The van der Waals surface area contributed by atoms with E-state index in [1.165, 1.54) is 0 Å². The standard InChI is InChI=1S/C9H12FN2O8P/c10-6-7(14)4(3-19-21(16,17)18)20-8(6)12-2-1-5(13)11-9(12)15/h1-2,4,6-8,14H,3H2,(H,11,13,15)(H2,16,17,18)/t4-,6?,7?,8-/m0/s1. The van der Waals surface area contributed by atoms with Gasteiger partial charge in [-0.1, -0.05) is 0 Å². The molecule has 0 saturated carbocycles. The van der Waals surface area contributed by atoms with Gasteiger partial charge in [-0.25, -0.2) is 13.8 Å². The number of nitrogens with zero attached hydrogens (tertiary/aromatic N) is 1. The van der Waals surface area contributed by atoms with Crippen molar-refractivity contribution in [3.63, 3.8) is 0 Å². The van der Waals surface area contributed by atoms with E-state index < -0.39 is 50.3 Å². The van der Waals surface area contributed by atoms with Crippen LogP contribution in [0.2, 0.25) is 0 Å². The zero-order chi connectivity index (χ0) is 15.8. The van der Waals surface area contributed by atoms with Crippen molar-refractivity contribution < 1.29 is 33.1 Å². The van der Waals surface area contributed by atoms with Gasteiger partial charge >= 0.3 is 13.5 Å². The third kappa shape index (κ3) is 3.64. The van der Waals surface area contributed by atoms with E-state index in [0.29, 0.717) is 4.57 Å². The molecule has 4 atom stereocenters. The second-order valence-corrected chi connectivity index (χ2v) is 5.54. The van der Waals surface area contributed by atoms with Crippen molar-refractivity contribution in [2.24, 2.45) is 0 Å². The number of nitrogens with one attached hydrogen (secondary N) is 1. The summed E-state index contributed by atoms with van der Waals surface area (Å²) in [4.78, 5) is 41.4. The number of aliphatic hydroxyl groups excluding tert-OH is 1. The van der Waals surface area contributed by atoms with Gasteiger partial charge in [0.2, 0.25) is 0 Å². The minimum Gasteiger partial charge on any atom is -0.387 e. The van der Waals surface area contributed by atoms with Crippen molar-refractivity contribution in [3.8, 4) is 0 Å². The highest BCUT2D eigenvalue weighted by Gasteiger charge is 2.46. The van der Waals surface area contributed by atoms with Crippen LogP contribution in [0.25, 0.3) is 0 Å². The molecule has 10 nitrogen and oxygen atoms in total. The molecule has 1 fully saturated rings. The van der Waals surface area contributed by atoms with Crippen molar-refractivity contribution >= 4 is 7.82 Å². The Hall–Kier alpha value is -1.36. The van der Waals surface area contributed by atoms with Crippen LogP contribution in [0.5, 0.6) is 0 Å². The minimum atomic E-state index is -4.80. The number of phosphoric ester groups is 1. The lowest BCUT2D eigenvalue weighted by molar-refractivity contribution is -0.0483. The Kier molecular flexibility index (Phi) is 4.42. The first-order chi connectivity index (χ1) is 9.69. The third-order valence-electron chi connectivity index (χ3n) is 2.83. The Morgan fingerprint density at radius 1 is 1.48 bits per heavy atom. The molecule has 2 heterocycles. The summed E-state index contributed by atoms with van der Waals surface area (Å²) in [5, 5.41) is 9.61. The van der Waals surface area contributed by atoms with E-state index in [0.717, 1.165) is 12.3 Å². The van der Waals surface area contributed by atoms with E-state index in [-0.39, 0.29) is 0 Å². The molecule has 0 amide bonds. The number of aliphatic hydroxyl groups is 1. The van der Waals surface area contributed by atoms with Crippen LogP contribution in [-0.4, -0.2) is 49.4 Å². The summed E-state index contributed by atoms with van der Waals surface area (Å²) in [6.07, 6.45) is -5.73. The molecular weight excluding hydrogens is 314 g/mol. The molecule has 2 rings (SSSR count). The third-order valence-corrected chi connectivity index (χ3v) is 3.31. The molecule has 0 radical (unpaired) electrons. The summed E-state index contributed by atoms with van der Waals surface area (Å²) < 4.78 is 34.4. The van der Waals surface area contributed by atoms with E-state index in [2.05, 4.69) is 4.52 Å². The van der Waals surface area contributed by atoms with Gasteiger partial charge in [-0.15, -0.1) is 0 Å². The molecule has 1 aliphatic heterocycles. The molecular formula is C9H12FN2O8P. The molecule has 1 aliphatic rings. The van der Waals surface area contributed by atoms with Gasteiger partial charge < -0.3 is 19.6 Å². The number of aromatic nitrogens is 2. The molecule has 4 N–H and O–H groups in total. The number of rotatable bonds is 4. The van der Waals surface area contributed by atoms with Gasteiger partial charge in [-0.3, -0.25) is 18.9 Å². The summed E-state index contributed by atoms with van der Waals surface area (Å²) in [6.45, 7) is -0.763. The number of ether oxygens (including phenoxy) is 1. The van der Waals surface area contributed by atoms with Crippen LogP contribution in [0.3, 0.4) is 0 Å². The molecule has 118 valence electrons. The van der Waals surface area contributed by atoms with Crippen LogP contribution in [-0.2, 0) is 13.8 Å². The Morgan fingerprint density at radius 3 is 2.71 bits per heavy atom. The maximum atomic E-state index is 13.9.